The van der Waals surface area contributed by atoms with E-state index < -0.39 is 23.2 Å². The van der Waals surface area contributed by atoms with Crippen LogP contribution in [0.1, 0.15) is 0 Å². The second-order valence-corrected chi connectivity index (χ2v) is 2.84. The molecule has 64 valence electrons. The van der Waals surface area contributed by atoms with E-state index in [9.17, 15) is 9.59 Å². The fourth-order valence-corrected chi connectivity index (χ4v) is 1.14. The van der Waals surface area contributed by atoms with Crippen molar-refractivity contribution in [1.29, 1.82) is 0 Å². The molecule has 0 fully saturated rings. The van der Waals surface area contributed by atoms with E-state index in [2.05, 4.69) is 0 Å². The van der Waals surface area contributed by atoms with Gasteiger partial charge in [-0.15, -0.1) is 11.8 Å². The highest BCUT2D eigenvalue weighted by molar-refractivity contribution is 8.00. The number of hydrogen-bond acceptors (Lipinski definition) is 4. The molecule has 0 aliphatic carbocycles. The van der Waals surface area contributed by atoms with Crippen LogP contribution in [0.2, 0.25) is 0 Å². The highest BCUT2D eigenvalue weighted by atomic mass is 32.2. The van der Waals surface area contributed by atoms with Gasteiger partial charge in [-0.2, -0.15) is 0 Å². The fraction of sp³-hybridized carbons (Fsp3) is 0.600. The van der Waals surface area contributed by atoms with E-state index >= 15 is 0 Å². The molecule has 0 aromatic carbocycles. The normalized spacial score (nSPS) is 15.5. The van der Waals surface area contributed by atoms with E-state index in [1.165, 1.54) is 6.26 Å². The monoisotopic (exact) mass is 179 g/mol. The summed E-state index contributed by atoms with van der Waals surface area (Å²) in [4.78, 5) is 20.5. The van der Waals surface area contributed by atoms with Crippen molar-refractivity contribution in [3.63, 3.8) is 0 Å². The Labute approximate surface area is 67.6 Å². The summed E-state index contributed by atoms with van der Waals surface area (Å²) in [6.45, 7) is 0. The Bertz CT molecular complexity index is 172. The Hall–Kier alpha value is -0.750. The lowest BCUT2D eigenvalue weighted by atomic mass is 10.2. The molecule has 0 aromatic rings. The van der Waals surface area contributed by atoms with Crippen molar-refractivity contribution in [3.8, 4) is 0 Å². The van der Waals surface area contributed by atoms with Gasteiger partial charge in [0.25, 0.3) is 0 Å². The molecule has 11 heavy (non-hydrogen) atoms. The molecule has 0 unspecified atom stereocenters. The summed E-state index contributed by atoms with van der Waals surface area (Å²) in [6.07, 6.45) is 1.50. The third kappa shape index (κ3) is 2.77. The second-order valence-electron chi connectivity index (χ2n) is 1.86. The predicted octanol–water partition coefficient (Wildman–Crippen LogP) is -0.785. The Morgan fingerprint density at radius 1 is 1.36 bits per heavy atom. The molecule has 0 saturated heterocycles. The molecule has 0 aromatic heterocycles. The van der Waals surface area contributed by atoms with E-state index in [0.717, 1.165) is 11.8 Å². The van der Waals surface area contributed by atoms with Gasteiger partial charge in [0.05, 0.1) is 0 Å². The minimum absolute atomic E-state index is 0.909. The summed E-state index contributed by atoms with van der Waals surface area (Å²) in [5, 5.41) is 15.7. The topological polar surface area (TPSA) is 101 Å². The van der Waals surface area contributed by atoms with Crippen molar-refractivity contribution >= 4 is 23.7 Å². The van der Waals surface area contributed by atoms with Gasteiger partial charge >= 0.3 is 11.9 Å². The minimum Gasteiger partial charge on any atom is -0.480 e. The first-order chi connectivity index (χ1) is 5.00. The van der Waals surface area contributed by atoms with E-state index in [-0.39, 0.29) is 0 Å². The maximum atomic E-state index is 10.3. The van der Waals surface area contributed by atoms with Crippen molar-refractivity contribution in [1.82, 2.24) is 0 Å². The van der Waals surface area contributed by atoms with Gasteiger partial charge in [-0.1, -0.05) is 0 Å². The van der Waals surface area contributed by atoms with Crippen LogP contribution < -0.4 is 5.73 Å². The smallest absolute Gasteiger partial charge is 0.322 e. The fourth-order valence-electron chi connectivity index (χ4n) is 0.531. The van der Waals surface area contributed by atoms with Gasteiger partial charge in [0.2, 0.25) is 0 Å². The highest BCUT2D eigenvalue weighted by Crippen LogP contribution is 2.09. The average molecular weight is 179 g/mol. The summed E-state index contributed by atoms with van der Waals surface area (Å²) in [7, 11) is 0. The minimum atomic E-state index is -1.34. The zero-order valence-corrected chi connectivity index (χ0v) is 6.67. The molecule has 5 nitrogen and oxygen atoms in total. The largest absolute Gasteiger partial charge is 0.480 e. The third-order valence-corrected chi connectivity index (χ3v) is 2.11. The molecule has 0 spiro atoms. The van der Waals surface area contributed by atoms with Gasteiger partial charge < -0.3 is 15.9 Å². The molecule has 0 saturated carbocycles. The van der Waals surface area contributed by atoms with Crippen LogP contribution in [0.25, 0.3) is 0 Å². The Balaban J connectivity index is 4.25. The zero-order valence-electron chi connectivity index (χ0n) is 5.85. The van der Waals surface area contributed by atoms with E-state index in [0.29, 0.717) is 0 Å². The quantitative estimate of drug-likeness (QED) is 0.523. The van der Waals surface area contributed by atoms with Crippen LogP contribution in [0.15, 0.2) is 0 Å². The Morgan fingerprint density at radius 2 is 1.82 bits per heavy atom. The molecular weight excluding hydrogens is 170 g/mol. The SMILES string of the molecule is CS[C@H](C(=O)O)[C@H](N)C(=O)O. The second kappa shape index (κ2) is 4.20. The van der Waals surface area contributed by atoms with Crippen LogP contribution in [0.4, 0.5) is 0 Å². The average Bonchev–Trinajstić information content (AvgIpc) is 1.88. The number of thioether (sulfide) groups is 1. The van der Waals surface area contributed by atoms with Crippen LogP contribution in [-0.4, -0.2) is 39.7 Å². The standard InChI is InChI=1S/C5H9NO4S/c1-11-3(5(9)10)2(6)4(7)8/h2-3H,6H2,1H3,(H,7,8)(H,9,10)/t2-,3-/m0/s1. The van der Waals surface area contributed by atoms with Gasteiger partial charge in [0, 0.05) is 0 Å². The first-order valence-corrected chi connectivity index (χ1v) is 4.03. The summed E-state index contributed by atoms with van der Waals surface area (Å²) >= 11 is 0.909. The zero-order chi connectivity index (χ0) is 9.02. The lowest BCUT2D eigenvalue weighted by Gasteiger charge is -2.12. The summed E-state index contributed by atoms with van der Waals surface area (Å²) in [5.41, 5.74) is 5.07. The molecule has 4 N–H and O–H groups in total. The molecule has 0 heterocycles. The first-order valence-electron chi connectivity index (χ1n) is 2.74. The number of carboxylic acids is 2. The van der Waals surface area contributed by atoms with Crippen molar-refractivity contribution < 1.29 is 19.8 Å². The predicted molar refractivity (Wildman–Crippen MR) is 40.5 cm³/mol. The number of rotatable bonds is 4. The van der Waals surface area contributed by atoms with Crippen molar-refractivity contribution in [2.75, 3.05) is 6.26 Å². The Kier molecular flexibility index (Phi) is 3.91. The Morgan fingerprint density at radius 3 is 1.91 bits per heavy atom. The molecule has 0 aliphatic rings. The van der Waals surface area contributed by atoms with E-state index in [4.69, 9.17) is 15.9 Å². The van der Waals surface area contributed by atoms with Gasteiger partial charge in [0.15, 0.2) is 0 Å². The number of hydrogen-bond donors (Lipinski definition) is 3. The summed E-state index contributed by atoms with van der Waals surface area (Å²) < 4.78 is 0. The molecular formula is C5H9NO4S. The van der Waals surface area contributed by atoms with E-state index in [1.807, 2.05) is 0 Å². The van der Waals surface area contributed by atoms with Crippen LogP contribution in [0.5, 0.6) is 0 Å². The van der Waals surface area contributed by atoms with Crippen molar-refractivity contribution in [3.05, 3.63) is 0 Å². The van der Waals surface area contributed by atoms with Gasteiger partial charge in [0.1, 0.15) is 11.3 Å². The van der Waals surface area contributed by atoms with Crippen molar-refractivity contribution in [2.45, 2.75) is 11.3 Å². The van der Waals surface area contributed by atoms with Crippen LogP contribution in [0, 0.1) is 0 Å². The van der Waals surface area contributed by atoms with Crippen LogP contribution in [0.3, 0.4) is 0 Å². The molecule has 0 rings (SSSR count). The van der Waals surface area contributed by atoms with E-state index in [1.54, 1.807) is 0 Å². The lowest BCUT2D eigenvalue weighted by Crippen LogP contribution is -2.44. The maximum absolute atomic E-state index is 10.3. The van der Waals surface area contributed by atoms with Gasteiger partial charge in [-0.05, 0) is 6.26 Å². The molecule has 0 radical (unpaired) electrons. The molecule has 0 aliphatic heterocycles. The van der Waals surface area contributed by atoms with Crippen molar-refractivity contribution in [2.24, 2.45) is 5.73 Å². The summed E-state index contributed by atoms with van der Waals surface area (Å²) in [6, 6.07) is -1.34. The lowest BCUT2D eigenvalue weighted by molar-refractivity contribution is -0.144. The maximum Gasteiger partial charge on any atom is 0.322 e. The summed E-state index contributed by atoms with van der Waals surface area (Å²) in [5.74, 6) is -2.50. The molecule has 2 atom stereocenters. The number of nitrogens with two attached hydrogens (primary N) is 1. The number of aliphatic carboxylic acids is 2. The van der Waals surface area contributed by atoms with Gasteiger partial charge in [-0.3, -0.25) is 9.59 Å². The highest BCUT2D eigenvalue weighted by Gasteiger charge is 2.29. The van der Waals surface area contributed by atoms with Gasteiger partial charge in [-0.25, -0.2) is 0 Å². The number of carboxylic acid groups (broad SMARTS) is 2. The molecule has 0 amide bonds. The molecule has 0 bridgehead atoms. The first kappa shape index (κ1) is 10.2. The third-order valence-electron chi connectivity index (χ3n) is 1.11. The van der Waals surface area contributed by atoms with Crippen LogP contribution in [-0.2, 0) is 9.59 Å². The van der Waals surface area contributed by atoms with Crippen LogP contribution >= 0.6 is 11.8 Å². The molecule has 6 heteroatoms. The number of carbonyl (C=O) groups is 2.